The lowest BCUT2D eigenvalue weighted by Crippen LogP contribution is -2.51. The van der Waals surface area contributed by atoms with Crippen LogP contribution in [-0.4, -0.2) is 25.4 Å². The summed E-state index contributed by atoms with van der Waals surface area (Å²) in [7, 11) is -4.06. The molecule has 0 heterocycles. The minimum atomic E-state index is -4.06. The Hall–Kier alpha value is -1.54. The SMILES string of the molecule is CSc1cc2c(cc1OS(N)(=O)=O)CCC1C2CCC2(C)C1CCC2(O)Cc1ccccc1. The van der Waals surface area contributed by atoms with Crippen LogP contribution in [0.25, 0.3) is 0 Å². The molecule has 5 nitrogen and oxygen atoms in total. The van der Waals surface area contributed by atoms with Gasteiger partial charge in [-0.3, -0.25) is 0 Å². The minimum absolute atomic E-state index is 0.0828. The van der Waals surface area contributed by atoms with E-state index in [1.54, 1.807) is 0 Å². The van der Waals surface area contributed by atoms with Crippen molar-refractivity contribution in [2.45, 2.75) is 68.3 Å². The van der Waals surface area contributed by atoms with Gasteiger partial charge in [0.25, 0.3) is 0 Å². The van der Waals surface area contributed by atoms with E-state index in [0.717, 1.165) is 49.8 Å². The Morgan fingerprint density at radius 3 is 2.61 bits per heavy atom. The van der Waals surface area contributed by atoms with E-state index in [9.17, 15) is 13.5 Å². The van der Waals surface area contributed by atoms with Crippen LogP contribution in [-0.2, 0) is 23.1 Å². The van der Waals surface area contributed by atoms with Gasteiger partial charge in [-0.1, -0.05) is 37.3 Å². The smallest absolute Gasteiger partial charge is 0.380 e. The molecule has 0 aromatic heterocycles. The van der Waals surface area contributed by atoms with E-state index >= 15 is 0 Å². The molecule has 5 rings (SSSR count). The molecule has 0 saturated heterocycles. The van der Waals surface area contributed by atoms with Crippen molar-refractivity contribution in [3.63, 3.8) is 0 Å². The molecule has 7 heteroatoms. The Morgan fingerprint density at radius 1 is 1.15 bits per heavy atom. The van der Waals surface area contributed by atoms with E-state index in [-0.39, 0.29) is 5.41 Å². The molecule has 5 atom stereocenters. The second-order valence-corrected chi connectivity index (χ2v) is 12.4. The first-order valence-corrected chi connectivity index (χ1v) is 14.5. The van der Waals surface area contributed by atoms with Crippen molar-refractivity contribution in [3.05, 3.63) is 59.2 Å². The minimum Gasteiger partial charge on any atom is -0.389 e. The Labute approximate surface area is 201 Å². The average Bonchev–Trinajstić information content (AvgIpc) is 3.03. The molecule has 3 aliphatic carbocycles. The highest BCUT2D eigenvalue weighted by Crippen LogP contribution is 2.65. The first-order chi connectivity index (χ1) is 15.6. The van der Waals surface area contributed by atoms with Crippen molar-refractivity contribution < 1.29 is 17.7 Å². The zero-order valence-corrected chi connectivity index (χ0v) is 20.9. The highest BCUT2D eigenvalue weighted by atomic mass is 32.2. The Balaban J connectivity index is 1.45. The van der Waals surface area contributed by atoms with Crippen LogP contribution in [0.1, 0.15) is 61.6 Å². The molecule has 0 spiro atoms. The van der Waals surface area contributed by atoms with Gasteiger partial charge in [0.1, 0.15) is 0 Å². The average molecular weight is 488 g/mol. The third-order valence-corrected chi connectivity index (χ3v) is 10.0. The molecule has 5 unspecified atom stereocenters. The van der Waals surface area contributed by atoms with Gasteiger partial charge in [-0.25, -0.2) is 0 Å². The van der Waals surface area contributed by atoms with Crippen LogP contribution in [0.2, 0.25) is 0 Å². The van der Waals surface area contributed by atoms with Crippen LogP contribution >= 0.6 is 11.8 Å². The number of hydrogen-bond acceptors (Lipinski definition) is 5. The summed E-state index contributed by atoms with van der Waals surface area (Å²) in [6.07, 6.45) is 8.59. The molecule has 33 heavy (non-hydrogen) atoms. The molecule has 2 fully saturated rings. The summed E-state index contributed by atoms with van der Waals surface area (Å²) in [5, 5.41) is 17.1. The zero-order chi connectivity index (χ0) is 23.4. The third kappa shape index (κ3) is 4.01. The van der Waals surface area contributed by atoms with Crippen molar-refractivity contribution in [2.24, 2.45) is 22.4 Å². The molecule has 0 amide bonds. The quantitative estimate of drug-likeness (QED) is 0.590. The summed E-state index contributed by atoms with van der Waals surface area (Å²) in [5.41, 5.74) is 2.97. The van der Waals surface area contributed by atoms with Gasteiger partial charge in [0.05, 0.1) is 10.5 Å². The van der Waals surface area contributed by atoms with Crippen molar-refractivity contribution >= 4 is 22.1 Å². The normalized spacial score (nSPS) is 33.2. The summed E-state index contributed by atoms with van der Waals surface area (Å²) in [6.45, 7) is 2.33. The van der Waals surface area contributed by atoms with E-state index in [1.807, 2.05) is 18.4 Å². The number of rotatable bonds is 5. The summed E-state index contributed by atoms with van der Waals surface area (Å²) >= 11 is 1.48. The molecule has 2 aromatic carbocycles. The number of aliphatic hydroxyl groups is 1. The van der Waals surface area contributed by atoms with E-state index in [1.165, 1.54) is 28.5 Å². The van der Waals surface area contributed by atoms with Gasteiger partial charge in [0.15, 0.2) is 5.75 Å². The van der Waals surface area contributed by atoms with Gasteiger partial charge >= 0.3 is 10.3 Å². The topological polar surface area (TPSA) is 89.6 Å². The van der Waals surface area contributed by atoms with Crippen LogP contribution in [0.4, 0.5) is 0 Å². The van der Waals surface area contributed by atoms with E-state index in [2.05, 4.69) is 37.3 Å². The molecule has 2 saturated carbocycles. The van der Waals surface area contributed by atoms with Crippen LogP contribution in [0, 0.1) is 17.3 Å². The van der Waals surface area contributed by atoms with Crippen molar-refractivity contribution in [1.82, 2.24) is 0 Å². The van der Waals surface area contributed by atoms with Gasteiger partial charge in [-0.15, -0.1) is 11.8 Å². The molecule has 0 bridgehead atoms. The summed E-state index contributed by atoms with van der Waals surface area (Å²) < 4.78 is 28.2. The van der Waals surface area contributed by atoms with Gasteiger partial charge in [0.2, 0.25) is 0 Å². The maximum Gasteiger partial charge on any atom is 0.380 e. The second-order valence-electron chi connectivity index (χ2n) is 10.4. The molecule has 3 N–H and O–H groups in total. The molecule has 2 aromatic rings. The van der Waals surface area contributed by atoms with E-state index in [4.69, 9.17) is 9.32 Å². The molecule has 3 aliphatic rings. The molecular weight excluding hydrogens is 454 g/mol. The fourth-order valence-electron chi connectivity index (χ4n) is 7.26. The van der Waals surface area contributed by atoms with Gasteiger partial charge < -0.3 is 9.29 Å². The number of fused-ring (bicyclic) bond motifs is 5. The standard InChI is InChI=1S/C26H33NO4S2/c1-25-12-10-19-20(22(25)11-13-26(25,28)16-17-6-4-3-5-7-17)9-8-18-14-23(31-33(27,29)30)24(32-2)15-21(18)19/h3-7,14-15,19-20,22,28H,8-13,16H2,1-2H3,(H2,27,29,30). The predicted molar refractivity (Wildman–Crippen MR) is 132 cm³/mol. The summed E-state index contributed by atoms with van der Waals surface area (Å²) in [4.78, 5) is 0.809. The fraction of sp³-hybridized carbons (Fsp3) is 0.538. The lowest BCUT2D eigenvalue weighted by Gasteiger charge is -2.53. The van der Waals surface area contributed by atoms with E-state index in [0.29, 0.717) is 23.5 Å². The fourth-order valence-corrected chi connectivity index (χ4v) is 8.25. The third-order valence-electron chi connectivity index (χ3n) is 8.88. The zero-order valence-electron chi connectivity index (χ0n) is 19.3. The number of thioether (sulfide) groups is 1. The molecular formula is C26H33NO4S2. The molecule has 178 valence electrons. The van der Waals surface area contributed by atoms with Gasteiger partial charge in [-0.2, -0.15) is 13.6 Å². The van der Waals surface area contributed by atoms with E-state index < -0.39 is 15.9 Å². The van der Waals surface area contributed by atoms with Gasteiger partial charge in [-0.05, 0) is 96.8 Å². The van der Waals surface area contributed by atoms with Crippen LogP contribution in [0.15, 0.2) is 47.4 Å². The van der Waals surface area contributed by atoms with Crippen molar-refractivity contribution in [3.8, 4) is 5.75 Å². The summed E-state index contributed by atoms with van der Waals surface area (Å²) in [6, 6.07) is 14.4. The van der Waals surface area contributed by atoms with Crippen LogP contribution in [0.3, 0.4) is 0 Å². The maximum atomic E-state index is 11.9. The first-order valence-electron chi connectivity index (χ1n) is 11.8. The first kappa shape index (κ1) is 23.2. The van der Waals surface area contributed by atoms with Crippen molar-refractivity contribution in [1.29, 1.82) is 0 Å². The molecule has 0 aliphatic heterocycles. The number of benzene rings is 2. The highest BCUT2D eigenvalue weighted by Gasteiger charge is 2.61. The van der Waals surface area contributed by atoms with Crippen LogP contribution in [0.5, 0.6) is 5.75 Å². The highest BCUT2D eigenvalue weighted by molar-refractivity contribution is 7.98. The lowest BCUT2D eigenvalue weighted by molar-refractivity contribution is -0.102. The molecule has 0 radical (unpaired) electrons. The van der Waals surface area contributed by atoms with Crippen LogP contribution < -0.4 is 9.32 Å². The Kier molecular flexibility index (Phi) is 5.83. The van der Waals surface area contributed by atoms with Gasteiger partial charge in [0, 0.05) is 6.42 Å². The number of hydrogen-bond donors (Lipinski definition) is 2. The number of nitrogens with two attached hydrogens (primary N) is 1. The maximum absolute atomic E-state index is 11.9. The monoisotopic (exact) mass is 487 g/mol. The second kappa shape index (κ2) is 8.29. The largest absolute Gasteiger partial charge is 0.389 e. The van der Waals surface area contributed by atoms with Crippen molar-refractivity contribution in [2.75, 3.05) is 6.26 Å². The predicted octanol–water partition coefficient (Wildman–Crippen LogP) is 4.82. The Morgan fingerprint density at radius 2 is 1.91 bits per heavy atom. The Bertz CT molecular complexity index is 1150. The lowest BCUT2D eigenvalue weighted by atomic mass is 9.53. The number of aryl methyl sites for hydroxylation is 1. The summed E-state index contributed by atoms with van der Waals surface area (Å²) in [5.74, 6) is 1.82.